The largest absolute Gasteiger partial charge is 0.393 e. The van der Waals surface area contributed by atoms with Crippen LogP contribution >= 0.6 is 0 Å². The first-order valence-electron chi connectivity index (χ1n) is 5.84. The lowest BCUT2D eigenvalue weighted by atomic mass is 9.82. The Morgan fingerprint density at radius 1 is 1.29 bits per heavy atom. The second-order valence-corrected chi connectivity index (χ2v) is 4.61. The van der Waals surface area contributed by atoms with Gasteiger partial charge in [0.2, 0.25) is 0 Å². The van der Waals surface area contributed by atoms with Crippen molar-refractivity contribution in [3.8, 4) is 0 Å². The van der Waals surface area contributed by atoms with E-state index in [4.69, 9.17) is 5.84 Å². The molecular weight excluding hydrogens is 218 g/mol. The van der Waals surface area contributed by atoms with Crippen LogP contribution in [0.5, 0.6) is 0 Å². The summed E-state index contributed by atoms with van der Waals surface area (Å²) in [6.45, 7) is 4.59. The van der Waals surface area contributed by atoms with Crippen LogP contribution < -0.4 is 16.6 Å². The second kappa shape index (κ2) is 4.85. The highest BCUT2D eigenvalue weighted by atomic mass is 16.3. The SMILES string of the molecule is Cc1nc(NN)c(C)c(NCC2CC(O)C2)n1. The number of hydrazine groups is 1. The van der Waals surface area contributed by atoms with Gasteiger partial charge < -0.3 is 15.8 Å². The Bertz CT molecular complexity index is 403. The fourth-order valence-corrected chi connectivity index (χ4v) is 2.05. The van der Waals surface area contributed by atoms with Gasteiger partial charge in [0.1, 0.15) is 17.5 Å². The highest BCUT2D eigenvalue weighted by molar-refractivity contribution is 5.56. The zero-order valence-corrected chi connectivity index (χ0v) is 10.2. The summed E-state index contributed by atoms with van der Waals surface area (Å²) in [7, 11) is 0. The lowest BCUT2D eigenvalue weighted by Gasteiger charge is -2.31. The molecule has 0 bridgehead atoms. The molecule has 0 aromatic carbocycles. The number of nitrogens with zero attached hydrogens (tertiary/aromatic N) is 2. The minimum absolute atomic E-state index is 0.115. The predicted octanol–water partition coefficient (Wildman–Crippen LogP) is 0.562. The Hall–Kier alpha value is -1.40. The summed E-state index contributed by atoms with van der Waals surface area (Å²) >= 11 is 0. The van der Waals surface area contributed by atoms with E-state index in [1.54, 1.807) is 0 Å². The highest BCUT2D eigenvalue weighted by Crippen LogP contribution is 2.28. The molecule has 0 amide bonds. The summed E-state index contributed by atoms with van der Waals surface area (Å²) < 4.78 is 0. The summed E-state index contributed by atoms with van der Waals surface area (Å²) in [6, 6.07) is 0. The van der Waals surface area contributed by atoms with E-state index in [0.717, 1.165) is 30.8 Å². The van der Waals surface area contributed by atoms with Gasteiger partial charge in [-0.15, -0.1) is 0 Å². The zero-order valence-electron chi connectivity index (χ0n) is 10.2. The normalized spacial score (nSPS) is 23.1. The number of hydrogen-bond donors (Lipinski definition) is 4. The lowest BCUT2D eigenvalue weighted by molar-refractivity contribution is 0.0486. The van der Waals surface area contributed by atoms with Gasteiger partial charge in [0.15, 0.2) is 0 Å². The Balaban J connectivity index is 2.02. The summed E-state index contributed by atoms with van der Waals surface area (Å²) in [5.74, 6) is 8.07. The maximum Gasteiger partial charge on any atom is 0.148 e. The zero-order chi connectivity index (χ0) is 12.4. The molecular formula is C11H19N5O. The number of nitrogens with two attached hydrogens (primary N) is 1. The van der Waals surface area contributed by atoms with Gasteiger partial charge in [0.25, 0.3) is 0 Å². The number of aliphatic hydroxyl groups excluding tert-OH is 1. The van der Waals surface area contributed by atoms with Crippen molar-refractivity contribution in [3.05, 3.63) is 11.4 Å². The van der Waals surface area contributed by atoms with Crippen LogP contribution in [-0.2, 0) is 0 Å². The number of aromatic nitrogens is 2. The number of rotatable bonds is 4. The van der Waals surface area contributed by atoms with Crippen molar-refractivity contribution in [3.63, 3.8) is 0 Å². The van der Waals surface area contributed by atoms with Crippen molar-refractivity contribution >= 4 is 11.6 Å². The third-order valence-corrected chi connectivity index (χ3v) is 3.16. The highest BCUT2D eigenvalue weighted by Gasteiger charge is 2.26. The van der Waals surface area contributed by atoms with Gasteiger partial charge in [-0.3, -0.25) is 0 Å². The van der Waals surface area contributed by atoms with Crippen LogP contribution in [0, 0.1) is 19.8 Å². The van der Waals surface area contributed by atoms with E-state index in [9.17, 15) is 5.11 Å². The van der Waals surface area contributed by atoms with Gasteiger partial charge in [-0.05, 0) is 32.6 Å². The quantitative estimate of drug-likeness (QED) is 0.451. The van der Waals surface area contributed by atoms with Crippen LogP contribution in [-0.4, -0.2) is 27.7 Å². The van der Waals surface area contributed by atoms with Crippen LogP contribution in [0.4, 0.5) is 11.6 Å². The van der Waals surface area contributed by atoms with E-state index in [2.05, 4.69) is 20.7 Å². The third-order valence-electron chi connectivity index (χ3n) is 3.16. The average molecular weight is 237 g/mol. The summed E-state index contributed by atoms with van der Waals surface area (Å²) in [6.07, 6.45) is 1.63. The predicted molar refractivity (Wildman–Crippen MR) is 66.5 cm³/mol. The second-order valence-electron chi connectivity index (χ2n) is 4.61. The number of hydrogen-bond acceptors (Lipinski definition) is 6. The monoisotopic (exact) mass is 237 g/mol. The fraction of sp³-hybridized carbons (Fsp3) is 0.636. The molecule has 17 heavy (non-hydrogen) atoms. The smallest absolute Gasteiger partial charge is 0.148 e. The molecule has 6 nitrogen and oxygen atoms in total. The van der Waals surface area contributed by atoms with E-state index in [1.807, 2.05) is 13.8 Å². The third kappa shape index (κ3) is 2.65. The van der Waals surface area contributed by atoms with E-state index < -0.39 is 0 Å². The molecule has 1 aliphatic carbocycles. The molecule has 1 fully saturated rings. The molecule has 2 rings (SSSR count). The van der Waals surface area contributed by atoms with E-state index in [1.165, 1.54) is 0 Å². The molecule has 0 spiro atoms. The van der Waals surface area contributed by atoms with Crippen molar-refractivity contribution in [2.45, 2.75) is 32.8 Å². The Morgan fingerprint density at radius 2 is 1.94 bits per heavy atom. The van der Waals surface area contributed by atoms with Crippen LogP contribution in [0.3, 0.4) is 0 Å². The lowest BCUT2D eigenvalue weighted by Crippen LogP contribution is -2.33. The summed E-state index contributed by atoms with van der Waals surface area (Å²) in [5, 5.41) is 12.5. The maximum atomic E-state index is 9.22. The van der Waals surface area contributed by atoms with Gasteiger partial charge in [-0.2, -0.15) is 0 Å². The summed E-state index contributed by atoms with van der Waals surface area (Å²) in [5.41, 5.74) is 3.48. The number of anilines is 2. The van der Waals surface area contributed by atoms with Crippen molar-refractivity contribution in [1.82, 2.24) is 9.97 Å². The van der Waals surface area contributed by atoms with Crippen molar-refractivity contribution in [1.29, 1.82) is 0 Å². The van der Waals surface area contributed by atoms with E-state index >= 15 is 0 Å². The first kappa shape index (κ1) is 12.1. The molecule has 0 saturated heterocycles. The van der Waals surface area contributed by atoms with E-state index in [0.29, 0.717) is 17.6 Å². The van der Waals surface area contributed by atoms with Gasteiger partial charge in [0, 0.05) is 12.1 Å². The molecule has 0 unspecified atom stereocenters. The molecule has 94 valence electrons. The van der Waals surface area contributed by atoms with Crippen molar-refractivity contribution in [2.24, 2.45) is 11.8 Å². The minimum atomic E-state index is -0.115. The molecule has 1 heterocycles. The van der Waals surface area contributed by atoms with Crippen LogP contribution in [0.2, 0.25) is 0 Å². The maximum absolute atomic E-state index is 9.22. The molecule has 5 N–H and O–H groups in total. The van der Waals surface area contributed by atoms with Crippen LogP contribution in [0.25, 0.3) is 0 Å². The number of aryl methyl sites for hydroxylation is 1. The Kier molecular flexibility index (Phi) is 3.44. The van der Waals surface area contributed by atoms with Gasteiger partial charge in [-0.25, -0.2) is 15.8 Å². The molecule has 1 aromatic heterocycles. The van der Waals surface area contributed by atoms with Crippen molar-refractivity contribution in [2.75, 3.05) is 17.3 Å². The standard InChI is InChI=1S/C11H19N5O/c1-6-10(13-5-8-3-9(17)4-8)14-7(2)15-11(6)16-12/h8-9,17H,3-5,12H2,1-2H3,(H2,13,14,15,16). The molecule has 1 saturated carbocycles. The first-order chi connectivity index (χ1) is 8.10. The van der Waals surface area contributed by atoms with Gasteiger partial charge in [-0.1, -0.05) is 0 Å². The van der Waals surface area contributed by atoms with Crippen molar-refractivity contribution < 1.29 is 5.11 Å². The van der Waals surface area contributed by atoms with E-state index in [-0.39, 0.29) is 6.10 Å². The molecule has 1 aliphatic rings. The van der Waals surface area contributed by atoms with Gasteiger partial charge >= 0.3 is 0 Å². The number of aliphatic hydroxyl groups is 1. The number of nitrogens with one attached hydrogen (secondary N) is 2. The molecule has 0 radical (unpaired) electrons. The number of nitrogen functional groups attached to an aromatic ring is 1. The fourth-order valence-electron chi connectivity index (χ4n) is 2.05. The topological polar surface area (TPSA) is 96.1 Å². The van der Waals surface area contributed by atoms with Crippen LogP contribution in [0.15, 0.2) is 0 Å². The Labute approximate surface area is 101 Å². The molecule has 6 heteroatoms. The van der Waals surface area contributed by atoms with Crippen LogP contribution in [0.1, 0.15) is 24.2 Å². The average Bonchev–Trinajstić information content (AvgIpc) is 2.26. The molecule has 0 atom stereocenters. The summed E-state index contributed by atoms with van der Waals surface area (Å²) in [4.78, 5) is 8.55. The Morgan fingerprint density at radius 3 is 2.53 bits per heavy atom. The molecule has 0 aliphatic heterocycles. The van der Waals surface area contributed by atoms with Gasteiger partial charge in [0.05, 0.1) is 6.10 Å². The molecule has 1 aromatic rings. The first-order valence-corrected chi connectivity index (χ1v) is 5.84. The minimum Gasteiger partial charge on any atom is -0.393 e.